The molecule has 0 aliphatic carbocycles. The lowest BCUT2D eigenvalue weighted by atomic mass is 10.1. The average molecular weight is 331 g/mol. The smallest absolute Gasteiger partial charge is 0.199 e. The molecule has 2 heterocycles. The number of imidazole rings is 1. The molecule has 4 rings (SSSR count). The van der Waals surface area contributed by atoms with Gasteiger partial charge in [0.2, 0.25) is 0 Å². The summed E-state index contributed by atoms with van der Waals surface area (Å²) in [7, 11) is 0. The third-order valence-electron chi connectivity index (χ3n) is 3.88. The van der Waals surface area contributed by atoms with Crippen LogP contribution in [0.25, 0.3) is 11.4 Å². The van der Waals surface area contributed by atoms with Crippen molar-refractivity contribution in [1.82, 2.24) is 9.97 Å². The van der Waals surface area contributed by atoms with Gasteiger partial charge in [-0.2, -0.15) is 0 Å². The number of hydrogen-bond donors (Lipinski definition) is 2. The Bertz CT molecular complexity index is 910. The summed E-state index contributed by atoms with van der Waals surface area (Å²) in [4.78, 5) is 6.75. The van der Waals surface area contributed by atoms with Crippen molar-refractivity contribution >= 4 is 5.69 Å². The molecule has 2 N–H and O–H groups in total. The van der Waals surface area contributed by atoms with Crippen molar-refractivity contribution in [3.63, 3.8) is 0 Å². The SMILES string of the molecule is Fc1ccc(Oc2c(F)cc3c(c2F)CCN3)cc1-c1ncc[nH]1. The molecule has 2 aromatic carbocycles. The number of H-pyrrole nitrogens is 1. The Labute approximate surface area is 135 Å². The van der Waals surface area contributed by atoms with Crippen molar-refractivity contribution in [2.75, 3.05) is 11.9 Å². The van der Waals surface area contributed by atoms with Crippen molar-refractivity contribution in [3.8, 4) is 22.9 Å². The molecule has 24 heavy (non-hydrogen) atoms. The zero-order valence-corrected chi connectivity index (χ0v) is 12.4. The first kappa shape index (κ1) is 14.6. The summed E-state index contributed by atoms with van der Waals surface area (Å²) in [5, 5.41) is 2.91. The van der Waals surface area contributed by atoms with Crippen LogP contribution in [0.5, 0.6) is 11.5 Å². The van der Waals surface area contributed by atoms with E-state index >= 15 is 0 Å². The Morgan fingerprint density at radius 2 is 1.96 bits per heavy atom. The second-order valence-electron chi connectivity index (χ2n) is 5.39. The fourth-order valence-electron chi connectivity index (χ4n) is 2.74. The summed E-state index contributed by atoms with van der Waals surface area (Å²) < 4.78 is 47.9. The first-order chi connectivity index (χ1) is 11.6. The molecular weight excluding hydrogens is 319 g/mol. The number of benzene rings is 2. The second-order valence-corrected chi connectivity index (χ2v) is 5.39. The van der Waals surface area contributed by atoms with Crippen LogP contribution in [0.3, 0.4) is 0 Å². The lowest BCUT2D eigenvalue weighted by Gasteiger charge is -2.12. The zero-order chi connectivity index (χ0) is 16.7. The number of rotatable bonds is 3. The van der Waals surface area contributed by atoms with Gasteiger partial charge in [0.25, 0.3) is 0 Å². The van der Waals surface area contributed by atoms with Crippen LogP contribution in [0.4, 0.5) is 18.9 Å². The van der Waals surface area contributed by atoms with Crippen LogP contribution >= 0.6 is 0 Å². The van der Waals surface area contributed by atoms with Gasteiger partial charge in [-0.25, -0.2) is 18.2 Å². The minimum absolute atomic E-state index is 0.117. The van der Waals surface area contributed by atoms with Crippen molar-refractivity contribution in [3.05, 3.63) is 59.7 Å². The highest BCUT2D eigenvalue weighted by Crippen LogP contribution is 2.37. The number of nitrogens with zero attached hydrogens (tertiary/aromatic N) is 1. The number of ether oxygens (including phenoxy) is 1. The topological polar surface area (TPSA) is 49.9 Å². The molecule has 1 aliphatic heterocycles. The molecule has 0 amide bonds. The number of fused-ring (bicyclic) bond motifs is 1. The molecular formula is C17H12F3N3O. The molecule has 3 aromatic rings. The molecule has 1 aromatic heterocycles. The maximum Gasteiger partial charge on any atom is 0.199 e. The number of aromatic nitrogens is 2. The highest BCUT2D eigenvalue weighted by molar-refractivity contribution is 5.61. The van der Waals surface area contributed by atoms with E-state index in [1.807, 2.05) is 0 Å². The van der Waals surface area contributed by atoms with Crippen molar-refractivity contribution < 1.29 is 17.9 Å². The summed E-state index contributed by atoms with van der Waals surface area (Å²) in [6.45, 7) is 0.550. The summed E-state index contributed by atoms with van der Waals surface area (Å²) >= 11 is 0. The maximum atomic E-state index is 14.5. The number of aromatic amines is 1. The van der Waals surface area contributed by atoms with Gasteiger partial charge >= 0.3 is 0 Å². The van der Waals surface area contributed by atoms with Gasteiger partial charge in [-0.15, -0.1) is 0 Å². The van der Waals surface area contributed by atoms with Crippen LogP contribution in [0.2, 0.25) is 0 Å². The normalized spacial score (nSPS) is 12.8. The lowest BCUT2D eigenvalue weighted by Crippen LogP contribution is -1.98. The number of nitrogens with one attached hydrogen (secondary N) is 2. The Morgan fingerprint density at radius 1 is 1.08 bits per heavy atom. The van der Waals surface area contributed by atoms with E-state index in [9.17, 15) is 13.2 Å². The monoisotopic (exact) mass is 331 g/mol. The van der Waals surface area contributed by atoms with E-state index < -0.39 is 23.2 Å². The molecule has 7 heteroatoms. The third kappa shape index (κ3) is 2.38. The largest absolute Gasteiger partial charge is 0.451 e. The van der Waals surface area contributed by atoms with Gasteiger partial charge in [-0.3, -0.25) is 0 Å². The molecule has 0 unspecified atom stereocenters. The summed E-state index contributed by atoms with van der Waals surface area (Å²) in [6.07, 6.45) is 3.49. The fraction of sp³-hybridized carbons (Fsp3) is 0.118. The van der Waals surface area contributed by atoms with E-state index in [2.05, 4.69) is 15.3 Å². The van der Waals surface area contributed by atoms with Gasteiger partial charge in [0, 0.05) is 36.3 Å². The van der Waals surface area contributed by atoms with E-state index in [4.69, 9.17) is 4.74 Å². The highest BCUT2D eigenvalue weighted by Gasteiger charge is 2.23. The zero-order valence-electron chi connectivity index (χ0n) is 12.4. The maximum absolute atomic E-state index is 14.5. The summed E-state index contributed by atoms with van der Waals surface area (Å²) in [6, 6.07) is 5.03. The van der Waals surface area contributed by atoms with E-state index in [0.29, 0.717) is 30.0 Å². The quantitative estimate of drug-likeness (QED) is 0.754. The van der Waals surface area contributed by atoms with E-state index in [0.717, 1.165) is 6.07 Å². The molecule has 0 bridgehead atoms. The van der Waals surface area contributed by atoms with Crippen molar-refractivity contribution in [2.24, 2.45) is 0 Å². The molecule has 0 spiro atoms. The molecule has 0 saturated heterocycles. The van der Waals surface area contributed by atoms with E-state index in [1.165, 1.54) is 24.4 Å². The van der Waals surface area contributed by atoms with Crippen LogP contribution in [-0.4, -0.2) is 16.5 Å². The van der Waals surface area contributed by atoms with Crippen LogP contribution < -0.4 is 10.1 Å². The summed E-state index contributed by atoms with van der Waals surface area (Å²) in [5.74, 6) is -2.14. The third-order valence-corrected chi connectivity index (χ3v) is 3.88. The first-order valence-corrected chi connectivity index (χ1v) is 7.35. The highest BCUT2D eigenvalue weighted by atomic mass is 19.1. The van der Waals surface area contributed by atoms with Gasteiger partial charge in [0.15, 0.2) is 17.4 Å². The van der Waals surface area contributed by atoms with E-state index in [1.54, 1.807) is 6.20 Å². The first-order valence-electron chi connectivity index (χ1n) is 7.35. The molecule has 4 nitrogen and oxygen atoms in total. The Kier molecular flexibility index (Phi) is 3.41. The predicted octanol–water partition coefficient (Wildman–Crippen LogP) is 4.25. The van der Waals surface area contributed by atoms with Crippen molar-refractivity contribution in [2.45, 2.75) is 6.42 Å². The molecule has 0 atom stereocenters. The summed E-state index contributed by atoms with van der Waals surface area (Å²) in [5.41, 5.74) is 0.980. The standard InChI is InChI=1S/C17H12F3N3O/c18-12-2-1-9(7-11(12)17-22-5-6-23-17)24-16-13(19)8-14-10(15(16)20)3-4-21-14/h1-2,5-8,21H,3-4H2,(H,22,23). The van der Waals surface area contributed by atoms with Crippen LogP contribution in [0, 0.1) is 17.5 Å². The van der Waals surface area contributed by atoms with Crippen LogP contribution in [-0.2, 0) is 6.42 Å². The van der Waals surface area contributed by atoms with Crippen LogP contribution in [0.1, 0.15) is 5.56 Å². The van der Waals surface area contributed by atoms with Gasteiger partial charge < -0.3 is 15.0 Å². The van der Waals surface area contributed by atoms with Gasteiger partial charge in [0.1, 0.15) is 17.4 Å². The van der Waals surface area contributed by atoms with Crippen LogP contribution in [0.15, 0.2) is 36.7 Å². The molecule has 122 valence electrons. The van der Waals surface area contributed by atoms with Gasteiger partial charge in [-0.1, -0.05) is 0 Å². The molecule has 0 fully saturated rings. The van der Waals surface area contributed by atoms with Gasteiger partial charge in [-0.05, 0) is 24.6 Å². The molecule has 0 saturated carbocycles. The fourth-order valence-corrected chi connectivity index (χ4v) is 2.74. The molecule has 1 aliphatic rings. The Morgan fingerprint density at radius 3 is 2.75 bits per heavy atom. The second kappa shape index (κ2) is 5.59. The lowest BCUT2D eigenvalue weighted by molar-refractivity contribution is 0.405. The minimum Gasteiger partial charge on any atom is -0.451 e. The Balaban J connectivity index is 1.73. The molecule has 0 radical (unpaired) electrons. The van der Waals surface area contributed by atoms with Crippen molar-refractivity contribution in [1.29, 1.82) is 0 Å². The van der Waals surface area contributed by atoms with E-state index in [-0.39, 0.29) is 11.3 Å². The minimum atomic E-state index is -0.815. The average Bonchev–Trinajstić information content (AvgIpc) is 3.24. The number of hydrogen-bond acceptors (Lipinski definition) is 3. The Hall–Kier alpha value is -2.96. The number of halogens is 3. The predicted molar refractivity (Wildman–Crippen MR) is 82.6 cm³/mol. The van der Waals surface area contributed by atoms with Gasteiger partial charge in [0.05, 0.1) is 5.56 Å². The number of anilines is 1.